The van der Waals surface area contributed by atoms with Crippen LogP contribution in [0.25, 0.3) is 11.4 Å². The predicted octanol–water partition coefficient (Wildman–Crippen LogP) is 2.30. The van der Waals surface area contributed by atoms with Crippen LogP contribution in [-0.2, 0) is 16.6 Å². The van der Waals surface area contributed by atoms with Gasteiger partial charge in [0.05, 0.1) is 5.75 Å². The first-order valence-electron chi connectivity index (χ1n) is 9.37. The maximum atomic E-state index is 12.3. The largest absolute Gasteiger partial charge is 0.330 e. The lowest BCUT2D eigenvalue weighted by atomic mass is 10.2. The molecule has 0 saturated carbocycles. The molecule has 142 valence electrons. The van der Waals surface area contributed by atoms with E-state index in [1.165, 1.54) is 0 Å². The molecule has 0 radical (unpaired) electrons. The second-order valence-corrected chi connectivity index (χ2v) is 8.81. The Kier molecular flexibility index (Phi) is 6.45. The van der Waals surface area contributed by atoms with Gasteiger partial charge in [-0.2, -0.15) is 4.31 Å². The minimum Gasteiger partial charge on any atom is -0.330 e. The summed E-state index contributed by atoms with van der Waals surface area (Å²) in [6, 6.07) is 10.2. The Morgan fingerprint density at radius 2 is 1.77 bits per heavy atom. The highest BCUT2D eigenvalue weighted by Gasteiger charge is 2.26. The SMILES string of the molecule is CCCCS(=O)(=O)N1CCN(CCn2ccnc2-c2ccccc2)CC1. The molecule has 1 aromatic carbocycles. The third kappa shape index (κ3) is 4.72. The fourth-order valence-electron chi connectivity index (χ4n) is 3.27. The smallest absolute Gasteiger partial charge is 0.214 e. The number of sulfonamides is 1. The highest BCUT2D eigenvalue weighted by molar-refractivity contribution is 7.89. The third-order valence-electron chi connectivity index (χ3n) is 4.89. The molecule has 0 N–H and O–H groups in total. The first-order valence-corrected chi connectivity index (χ1v) is 11.0. The Balaban J connectivity index is 1.52. The Morgan fingerprint density at radius 3 is 2.46 bits per heavy atom. The van der Waals surface area contributed by atoms with Crippen LogP contribution in [0.15, 0.2) is 42.7 Å². The third-order valence-corrected chi connectivity index (χ3v) is 6.84. The molecule has 1 aliphatic rings. The van der Waals surface area contributed by atoms with Gasteiger partial charge < -0.3 is 4.57 Å². The fourth-order valence-corrected chi connectivity index (χ4v) is 4.90. The lowest BCUT2D eigenvalue weighted by molar-refractivity contribution is 0.183. The molecule has 1 fully saturated rings. The van der Waals surface area contributed by atoms with Crippen LogP contribution in [0.4, 0.5) is 0 Å². The number of benzene rings is 1. The standard InChI is InChI=1S/C19H28N4O2S/c1-2-3-17-26(24,25)23-15-12-21(13-16-23)11-14-22-10-9-20-19(22)18-7-5-4-6-8-18/h4-10H,2-3,11-17H2,1H3. The van der Waals surface area contributed by atoms with Crippen molar-refractivity contribution in [1.29, 1.82) is 0 Å². The molecule has 0 bridgehead atoms. The van der Waals surface area contributed by atoms with Gasteiger partial charge in [-0.1, -0.05) is 43.7 Å². The van der Waals surface area contributed by atoms with Gasteiger partial charge in [-0.05, 0) is 6.42 Å². The summed E-state index contributed by atoms with van der Waals surface area (Å²) in [5, 5.41) is 0. The quantitative estimate of drug-likeness (QED) is 0.709. The molecule has 1 aromatic heterocycles. The van der Waals surface area contributed by atoms with Crippen molar-refractivity contribution in [1.82, 2.24) is 18.8 Å². The Labute approximate surface area is 156 Å². The highest BCUT2D eigenvalue weighted by Crippen LogP contribution is 2.17. The van der Waals surface area contributed by atoms with E-state index in [9.17, 15) is 8.42 Å². The highest BCUT2D eigenvalue weighted by atomic mass is 32.2. The van der Waals surface area contributed by atoms with E-state index in [0.29, 0.717) is 13.1 Å². The normalized spacial score (nSPS) is 16.8. The summed E-state index contributed by atoms with van der Waals surface area (Å²) >= 11 is 0. The molecular formula is C19H28N4O2S. The molecule has 7 heteroatoms. The maximum absolute atomic E-state index is 12.3. The number of hydrogen-bond acceptors (Lipinski definition) is 4. The van der Waals surface area contributed by atoms with Gasteiger partial charge in [0.2, 0.25) is 10.0 Å². The lowest BCUT2D eigenvalue weighted by Gasteiger charge is -2.34. The number of rotatable bonds is 8. The summed E-state index contributed by atoms with van der Waals surface area (Å²) < 4.78 is 28.4. The number of imidazole rings is 1. The predicted molar refractivity (Wildman–Crippen MR) is 104 cm³/mol. The summed E-state index contributed by atoms with van der Waals surface area (Å²) in [6.07, 6.45) is 5.49. The number of nitrogens with zero attached hydrogens (tertiary/aromatic N) is 4. The summed E-state index contributed by atoms with van der Waals surface area (Å²) in [6.45, 7) is 6.56. The lowest BCUT2D eigenvalue weighted by Crippen LogP contribution is -2.49. The van der Waals surface area contributed by atoms with E-state index in [-0.39, 0.29) is 5.75 Å². The van der Waals surface area contributed by atoms with Crippen molar-refractivity contribution in [2.24, 2.45) is 0 Å². The molecule has 2 aromatic rings. The molecule has 0 atom stereocenters. The van der Waals surface area contributed by atoms with Crippen LogP contribution in [0.2, 0.25) is 0 Å². The zero-order valence-corrected chi connectivity index (χ0v) is 16.2. The number of hydrogen-bond donors (Lipinski definition) is 0. The molecule has 6 nitrogen and oxygen atoms in total. The fraction of sp³-hybridized carbons (Fsp3) is 0.526. The molecule has 0 aliphatic carbocycles. The van der Waals surface area contributed by atoms with E-state index in [0.717, 1.165) is 50.4 Å². The molecule has 0 unspecified atom stereocenters. The molecule has 3 rings (SSSR count). The van der Waals surface area contributed by atoms with Crippen molar-refractivity contribution >= 4 is 10.0 Å². The van der Waals surface area contributed by atoms with E-state index in [2.05, 4.69) is 26.6 Å². The van der Waals surface area contributed by atoms with Gasteiger partial charge in [0.25, 0.3) is 0 Å². The first kappa shape index (κ1) is 19.1. The van der Waals surface area contributed by atoms with Crippen molar-refractivity contribution < 1.29 is 8.42 Å². The van der Waals surface area contributed by atoms with Crippen LogP contribution < -0.4 is 0 Å². The first-order chi connectivity index (χ1) is 12.6. The topological polar surface area (TPSA) is 58.4 Å². The molecule has 2 heterocycles. The van der Waals surface area contributed by atoms with E-state index in [4.69, 9.17) is 0 Å². The van der Waals surface area contributed by atoms with E-state index in [1.54, 1.807) is 4.31 Å². The van der Waals surface area contributed by atoms with Crippen molar-refractivity contribution in [2.75, 3.05) is 38.5 Å². The summed E-state index contributed by atoms with van der Waals surface area (Å²) in [7, 11) is -3.08. The molecule has 0 spiro atoms. The van der Waals surface area contributed by atoms with Crippen LogP contribution >= 0.6 is 0 Å². The Morgan fingerprint density at radius 1 is 1.04 bits per heavy atom. The van der Waals surface area contributed by atoms with Crippen molar-refractivity contribution in [3.05, 3.63) is 42.7 Å². The van der Waals surface area contributed by atoms with Crippen LogP contribution in [0, 0.1) is 0 Å². The van der Waals surface area contributed by atoms with Crippen LogP contribution in [0.5, 0.6) is 0 Å². The maximum Gasteiger partial charge on any atom is 0.214 e. The summed E-state index contributed by atoms with van der Waals surface area (Å²) in [4.78, 5) is 6.81. The number of unbranched alkanes of at least 4 members (excludes halogenated alkanes) is 1. The second-order valence-electron chi connectivity index (χ2n) is 6.72. The average Bonchev–Trinajstić information content (AvgIpc) is 3.14. The monoisotopic (exact) mass is 376 g/mol. The Hall–Kier alpha value is -1.70. The second kappa shape index (κ2) is 8.79. The van der Waals surface area contributed by atoms with Gasteiger partial charge in [0, 0.05) is 57.2 Å². The van der Waals surface area contributed by atoms with Crippen molar-refractivity contribution in [3.8, 4) is 11.4 Å². The van der Waals surface area contributed by atoms with Gasteiger partial charge in [-0.3, -0.25) is 4.90 Å². The van der Waals surface area contributed by atoms with Crippen LogP contribution in [-0.4, -0.2) is 65.7 Å². The molecule has 0 amide bonds. The van der Waals surface area contributed by atoms with Crippen molar-refractivity contribution in [2.45, 2.75) is 26.3 Å². The van der Waals surface area contributed by atoms with E-state index >= 15 is 0 Å². The summed E-state index contributed by atoms with van der Waals surface area (Å²) in [5.41, 5.74) is 1.12. The van der Waals surface area contributed by atoms with Crippen LogP contribution in [0.1, 0.15) is 19.8 Å². The Bertz CT molecular complexity index is 781. The van der Waals surface area contributed by atoms with Gasteiger partial charge in [-0.25, -0.2) is 13.4 Å². The number of piperazine rings is 1. The number of aromatic nitrogens is 2. The minimum absolute atomic E-state index is 0.277. The molecular weight excluding hydrogens is 348 g/mol. The zero-order valence-electron chi connectivity index (χ0n) is 15.4. The van der Waals surface area contributed by atoms with E-state index < -0.39 is 10.0 Å². The zero-order chi connectivity index (χ0) is 18.4. The van der Waals surface area contributed by atoms with Gasteiger partial charge in [0.15, 0.2) is 0 Å². The van der Waals surface area contributed by atoms with Crippen molar-refractivity contribution in [3.63, 3.8) is 0 Å². The average molecular weight is 377 g/mol. The summed E-state index contributed by atoms with van der Waals surface area (Å²) in [5.74, 6) is 1.25. The molecule has 26 heavy (non-hydrogen) atoms. The van der Waals surface area contributed by atoms with Gasteiger partial charge in [0.1, 0.15) is 5.82 Å². The van der Waals surface area contributed by atoms with Crippen LogP contribution in [0.3, 0.4) is 0 Å². The van der Waals surface area contributed by atoms with Gasteiger partial charge >= 0.3 is 0 Å². The molecule has 1 saturated heterocycles. The van der Waals surface area contributed by atoms with E-state index in [1.807, 2.05) is 37.5 Å². The minimum atomic E-state index is -3.08. The van der Waals surface area contributed by atoms with Gasteiger partial charge in [-0.15, -0.1) is 0 Å². The molecule has 1 aliphatic heterocycles.